The number of aliphatic carboxylic acids is 1. The van der Waals surface area contributed by atoms with Crippen LogP contribution in [0, 0.1) is 0 Å². The fourth-order valence-electron chi connectivity index (χ4n) is 4.10. The molecule has 1 aliphatic carbocycles. The van der Waals surface area contributed by atoms with Gasteiger partial charge < -0.3 is 0 Å². The number of carbonyl (C=O) groups is 2. The molecule has 0 radical (unpaired) electrons. The van der Waals surface area contributed by atoms with Gasteiger partial charge in [-0.05, 0) is 0 Å². The molecule has 0 saturated heterocycles. The summed E-state index contributed by atoms with van der Waals surface area (Å²) < 4.78 is 4.76. The van der Waals surface area contributed by atoms with Crippen molar-refractivity contribution in [2.75, 3.05) is 7.11 Å². The van der Waals surface area contributed by atoms with Crippen molar-refractivity contribution in [3.8, 4) is 11.1 Å². The molecule has 0 aliphatic heterocycles. The van der Waals surface area contributed by atoms with Gasteiger partial charge in [-0.3, -0.25) is 0 Å². The van der Waals surface area contributed by atoms with Gasteiger partial charge in [-0.1, -0.05) is 0 Å². The molecular formula is C24H20AsBrO4. The molecule has 2 atom stereocenters. The zero-order chi connectivity index (χ0) is 21.3. The summed E-state index contributed by atoms with van der Waals surface area (Å²) >= 11 is 0.639. The summed E-state index contributed by atoms with van der Waals surface area (Å²) in [5.74, 6) is -0.940. The Balaban J connectivity index is 1.83. The summed E-state index contributed by atoms with van der Waals surface area (Å²) in [7, 11) is 1.36. The second-order valence-corrected chi connectivity index (χ2v) is 12.9. The summed E-state index contributed by atoms with van der Waals surface area (Å²) in [6.45, 7) is 0. The summed E-state index contributed by atoms with van der Waals surface area (Å²) in [6.07, 6.45) is 0.304. The van der Waals surface area contributed by atoms with Crippen LogP contribution in [0.15, 0.2) is 77.3 Å². The molecule has 6 heteroatoms. The van der Waals surface area contributed by atoms with E-state index < -0.39 is 25.3 Å². The Hall–Kier alpha value is -2.36. The number of halogens is 1. The molecule has 0 bridgehead atoms. The maximum atomic E-state index is 13.1. The van der Waals surface area contributed by atoms with Gasteiger partial charge in [0.05, 0.1) is 0 Å². The van der Waals surface area contributed by atoms with Crippen LogP contribution < -0.4 is 0 Å². The molecule has 0 spiro atoms. The molecule has 3 aromatic rings. The number of methoxy groups -OCH3 is 1. The first-order valence-corrected chi connectivity index (χ1v) is 13.4. The average molecular weight is 527 g/mol. The first kappa shape index (κ1) is 20.9. The zero-order valence-corrected chi connectivity index (χ0v) is 19.7. The number of hydrogen-bond donors (Lipinski definition) is 1. The molecule has 1 unspecified atom stereocenters. The molecule has 1 aliphatic rings. The molecule has 4 nitrogen and oxygen atoms in total. The van der Waals surface area contributed by atoms with Crippen LogP contribution in [0.3, 0.4) is 0 Å². The Morgan fingerprint density at radius 2 is 1.50 bits per heavy atom. The van der Waals surface area contributed by atoms with Crippen LogP contribution in [0.25, 0.3) is 11.1 Å². The van der Waals surface area contributed by atoms with E-state index in [2.05, 4.69) is 15.9 Å². The van der Waals surface area contributed by atoms with E-state index in [4.69, 9.17) is 4.74 Å². The van der Waals surface area contributed by atoms with Crippen molar-refractivity contribution >= 4 is 41.3 Å². The molecule has 4 rings (SSSR count). The molecule has 3 aromatic carbocycles. The van der Waals surface area contributed by atoms with E-state index in [1.165, 1.54) is 7.11 Å². The fraction of sp³-hybridized carbons (Fsp3) is 0.167. The van der Waals surface area contributed by atoms with Crippen molar-refractivity contribution in [3.05, 3.63) is 94.0 Å². The van der Waals surface area contributed by atoms with Gasteiger partial charge in [0.15, 0.2) is 0 Å². The van der Waals surface area contributed by atoms with Crippen LogP contribution in [0.1, 0.15) is 21.4 Å². The summed E-state index contributed by atoms with van der Waals surface area (Å²) in [5, 5.41) is 10.2. The summed E-state index contributed by atoms with van der Waals surface area (Å²) in [6, 6.07) is 23.6. The van der Waals surface area contributed by atoms with Crippen molar-refractivity contribution in [3.63, 3.8) is 0 Å². The average Bonchev–Trinajstić information content (AvgIpc) is 3.09. The Morgan fingerprint density at radius 1 is 0.967 bits per heavy atom. The van der Waals surface area contributed by atoms with Crippen molar-refractivity contribution in [1.29, 1.82) is 0 Å². The minimum atomic E-state index is -2.77. The molecule has 152 valence electrons. The number of carbonyl (C=O) groups excluding carboxylic acids is 1. The van der Waals surface area contributed by atoms with E-state index in [0.717, 1.165) is 32.3 Å². The third-order valence-corrected chi connectivity index (χ3v) is 11.8. The number of fused-ring (bicyclic) bond motifs is 3. The first-order chi connectivity index (χ1) is 14.5. The monoisotopic (exact) mass is 526 g/mol. The van der Waals surface area contributed by atoms with Gasteiger partial charge >= 0.3 is 189 Å². The van der Waals surface area contributed by atoms with Crippen LogP contribution in [0.2, 0.25) is 4.71 Å². The topological polar surface area (TPSA) is 63.6 Å². The van der Waals surface area contributed by atoms with E-state index in [1.54, 1.807) is 0 Å². The predicted molar refractivity (Wildman–Crippen MR) is 121 cm³/mol. The van der Waals surface area contributed by atoms with E-state index in [1.807, 2.05) is 72.8 Å². The third-order valence-electron chi connectivity index (χ3n) is 5.43. The van der Waals surface area contributed by atoms with E-state index in [-0.39, 0.29) is 9.46 Å². The maximum absolute atomic E-state index is 13.1. The van der Waals surface area contributed by atoms with Crippen molar-refractivity contribution in [1.82, 2.24) is 0 Å². The SMILES string of the molecule is COC(=O)[As](C1c2ccccc2-c2ccccc21)[C@@H](Cc1ccc(Br)cc1)C(=O)O. The number of carboxylic acids is 1. The number of ether oxygens (including phenoxy) is 1. The molecule has 1 N–H and O–H groups in total. The molecule has 0 fully saturated rings. The van der Waals surface area contributed by atoms with E-state index >= 15 is 0 Å². The van der Waals surface area contributed by atoms with Gasteiger partial charge in [0.1, 0.15) is 0 Å². The van der Waals surface area contributed by atoms with E-state index in [9.17, 15) is 14.7 Å². The second-order valence-electron chi connectivity index (χ2n) is 7.14. The minimum absolute atomic E-state index is 0.228. The number of rotatable bonds is 6. The molecule has 0 saturated carbocycles. The van der Waals surface area contributed by atoms with Gasteiger partial charge in [-0.25, -0.2) is 0 Å². The molecule has 0 amide bonds. The third kappa shape index (κ3) is 3.84. The van der Waals surface area contributed by atoms with Gasteiger partial charge in [-0.15, -0.1) is 0 Å². The van der Waals surface area contributed by atoms with Crippen LogP contribution in [0.4, 0.5) is 4.79 Å². The molecule has 0 aromatic heterocycles. The Morgan fingerprint density at radius 3 is 2.00 bits per heavy atom. The summed E-state index contributed by atoms with van der Waals surface area (Å²) in [5.41, 5.74) is 5.12. The molecule has 0 heterocycles. The Labute approximate surface area is 188 Å². The van der Waals surface area contributed by atoms with Crippen LogP contribution in [-0.2, 0) is 16.0 Å². The van der Waals surface area contributed by atoms with Gasteiger partial charge in [0.25, 0.3) is 0 Å². The number of carboxylic acid groups (broad SMARTS) is 1. The van der Waals surface area contributed by atoms with Crippen molar-refractivity contribution in [2.45, 2.75) is 15.8 Å². The van der Waals surface area contributed by atoms with Crippen LogP contribution in [-0.4, -0.2) is 37.6 Å². The van der Waals surface area contributed by atoms with Crippen molar-refractivity contribution in [2.24, 2.45) is 0 Å². The number of benzene rings is 3. The van der Waals surface area contributed by atoms with Gasteiger partial charge in [0.2, 0.25) is 0 Å². The second kappa shape index (κ2) is 8.79. The predicted octanol–water partition coefficient (Wildman–Crippen LogP) is 5.64. The van der Waals surface area contributed by atoms with Gasteiger partial charge in [0, 0.05) is 0 Å². The number of hydrogen-bond acceptors (Lipinski definition) is 3. The standard InChI is InChI=1S/C24H20AsBrO4/c1-30-24(29)25(21(23(27)28)14-15-10-12-16(26)13-11-15)22-19-8-4-2-6-17(19)18-7-3-5-9-20(18)22/h2-13,21-22H,14H2,1H3,(H,27,28)/t21-,25?/m0/s1. The Kier molecular flexibility index (Phi) is 6.12. The Bertz CT molecular complexity index is 1050. The quantitative estimate of drug-likeness (QED) is 0.422. The van der Waals surface area contributed by atoms with Crippen molar-refractivity contribution < 1.29 is 19.4 Å². The van der Waals surface area contributed by atoms with Gasteiger partial charge in [-0.2, -0.15) is 0 Å². The molecular weight excluding hydrogens is 507 g/mol. The summed E-state index contributed by atoms with van der Waals surface area (Å²) in [4.78, 5) is 25.5. The van der Waals surface area contributed by atoms with Crippen LogP contribution >= 0.6 is 15.9 Å². The fourth-order valence-corrected chi connectivity index (χ4v) is 10.1. The zero-order valence-electron chi connectivity index (χ0n) is 16.3. The molecule has 30 heavy (non-hydrogen) atoms. The first-order valence-electron chi connectivity index (χ1n) is 9.53. The normalized spacial score (nSPS) is 14.5. The van der Waals surface area contributed by atoms with Crippen LogP contribution in [0.5, 0.6) is 0 Å². The van der Waals surface area contributed by atoms with E-state index in [0.29, 0.717) is 6.42 Å².